The molecule has 0 aliphatic carbocycles. The Morgan fingerprint density at radius 2 is 1.90 bits per heavy atom. The average molecular weight is 285 g/mol. The molecular weight excluding hydrogens is 258 g/mol. The van der Waals surface area contributed by atoms with Crippen molar-refractivity contribution in [3.8, 4) is 11.1 Å². The maximum atomic E-state index is 4.43. The first-order chi connectivity index (χ1) is 10.1. The normalized spacial score (nSPS) is 13.7. The quantitative estimate of drug-likeness (QED) is 0.807. The van der Waals surface area contributed by atoms with Gasteiger partial charge in [0.25, 0.3) is 0 Å². The van der Waals surface area contributed by atoms with E-state index in [9.17, 15) is 0 Å². The van der Waals surface area contributed by atoms with Crippen LogP contribution in [0.4, 0.5) is 5.69 Å². The molecule has 2 aromatic rings. The Morgan fingerprint density at radius 1 is 1.14 bits per heavy atom. The van der Waals surface area contributed by atoms with E-state index in [-0.39, 0.29) is 0 Å². The summed E-state index contributed by atoms with van der Waals surface area (Å²) in [6.45, 7) is 9.47. The molecule has 0 N–H and O–H groups in total. The van der Waals surface area contributed by atoms with Crippen molar-refractivity contribution in [2.24, 2.45) is 0 Å². The van der Waals surface area contributed by atoms with E-state index in [4.69, 9.17) is 0 Å². The number of hydrogen-bond acceptors (Lipinski definition) is 2. The number of anilines is 1. The number of rotatable bonds is 2. The van der Waals surface area contributed by atoms with Crippen LogP contribution in [0.25, 0.3) is 11.1 Å². The number of hydrogen-bond donors (Lipinski definition) is 0. The van der Waals surface area contributed by atoms with Gasteiger partial charge in [0, 0.05) is 37.1 Å². The first-order valence-corrected chi connectivity index (χ1v) is 8.04. The van der Waals surface area contributed by atoms with E-state index < -0.39 is 0 Å². The molecule has 3 heteroatoms. The van der Waals surface area contributed by atoms with E-state index in [2.05, 4.69) is 55.3 Å². The molecule has 1 aromatic carbocycles. The largest absolute Gasteiger partial charge is 0.374 e. The smallest absolute Gasteiger partial charge is 0.0568 e. The van der Waals surface area contributed by atoms with Crippen LogP contribution in [-0.4, -0.2) is 23.4 Å². The first kappa shape index (κ1) is 15.6. The summed E-state index contributed by atoms with van der Waals surface area (Å²) in [4.78, 5) is 2.35. The van der Waals surface area contributed by atoms with Gasteiger partial charge < -0.3 is 4.90 Å². The van der Waals surface area contributed by atoms with Crippen molar-refractivity contribution in [2.75, 3.05) is 18.5 Å². The number of benzene rings is 1. The van der Waals surface area contributed by atoms with Crippen molar-refractivity contribution < 1.29 is 0 Å². The molecule has 0 fully saturated rings. The molecular formula is C18H27N3. The molecule has 0 amide bonds. The van der Waals surface area contributed by atoms with E-state index in [0.29, 0.717) is 6.04 Å². The average Bonchev–Trinajstić information content (AvgIpc) is 2.99. The van der Waals surface area contributed by atoms with Gasteiger partial charge in [-0.1, -0.05) is 19.9 Å². The van der Waals surface area contributed by atoms with Gasteiger partial charge in [0.05, 0.1) is 6.20 Å². The molecule has 0 saturated carbocycles. The molecule has 3 rings (SSSR count). The minimum absolute atomic E-state index is 0.414. The van der Waals surface area contributed by atoms with Crippen LogP contribution >= 0.6 is 0 Å². The lowest BCUT2D eigenvalue weighted by molar-refractivity contribution is 0.532. The summed E-state index contributed by atoms with van der Waals surface area (Å²) in [6.07, 6.45) is 6.54. The minimum atomic E-state index is 0.414. The van der Waals surface area contributed by atoms with Crippen molar-refractivity contribution in [3.63, 3.8) is 0 Å². The van der Waals surface area contributed by atoms with Gasteiger partial charge in [-0.2, -0.15) is 5.10 Å². The van der Waals surface area contributed by atoms with Crippen LogP contribution in [0.1, 0.15) is 45.7 Å². The molecule has 0 unspecified atom stereocenters. The number of aromatic nitrogens is 2. The third-order valence-electron chi connectivity index (χ3n) is 3.89. The second kappa shape index (κ2) is 6.79. The lowest BCUT2D eigenvalue weighted by Gasteiger charge is -2.27. The molecule has 3 nitrogen and oxygen atoms in total. The first-order valence-electron chi connectivity index (χ1n) is 8.04. The summed E-state index contributed by atoms with van der Waals surface area (Å²) in [6, 6.07) is 7.20. The standard InChI is InChI=1S/C16H21N3.C2H6/c1-12(2)19-11-15(10-17-19)13-6-7-16-14(9-13)5-4-8-18(16)3;1-2/h6-7,9-12H,4-5,8H2,1-3H3;1-2H3. The predicted molar refractivity (Wildman–Crippen MR) is 91.0 cm³/mol. The van der Waals surface area contributed by atoms with Crippen LogP contribution < -0.4 is 4.90 Å². The van der Waals surface area contributed by atoms with E-state index in [1.165, 1.54) is 35.2 Å². The third kappa shape index (κ3) is 3.29. The van der Waals surface area contributed by atoms with Crippen molar-refractivity contribution in [1.82, 2.24) is 9.78 Å². The molecule has 0 atom stereocenters. The van der Waals surface area contributed by atoms with Crippen molar-refractivity contribution in [1.29, 1.82) is 0 Å². The van der Waals surface area contributed by atoms with Gasteiger partial charge in [-0.3, -0.25) is 4.68 Å². The molecule has 114 valence electrons. The fourth-order valence-corrected chi connectivity index (χ4v) is 2.73. The van der Waals surface area contributed by atoms with Crippen LogP contribution in [0, 0.1) is 0 Å². The molecule has 0 saturated heterocycles. The van der Waals surface area contributed by atoms with Crippen LogP contribution in [0.2, 0.25) is 0 Å². The third-order valence-corrected chi connectivity index (χ3v) is 3.89. The highest BCUT2D eigenvalue weighted by molar-refractivity contribution is 5.68. The lowest BCUT2D eigenvalue weighted by Crippen LogP contribution is -2.24. The lowest BCUT2D eigenvalue weighted by atomic mass is 9.98. The SMILES string of the molecule is CC.CC(C)n1cc(-c2ccc3c(c2)CCCN3C)cn1. The highest BCUT2D eigenvalue weighted by Gasteiger charge is 2.14. The molecule has 0 bridgehead atoms. The Morgan fingerprint density at radius 3 is 2.57 bits per heavy atom. The van der Waals surface area contributed by atoms with Crippen molar-refractivity contribution in [3.05, 3.63) is 36.2 Å². The molecule has 0 radical (unpaired) electrons. The Bertz CT molecular complexity index is 584. The molecule has 1 aliphatic heterocycles. The van der Waals surface area contributed by atoms with E-state index in [1.807, 2.05) is 24.7 Å². The Kier molecular flexibility index (Phi) is 5.05. The van der Waals surface area contributed by atoms with Gasteiger partial charge in [0.15, 0.2) is 0 Å². The zero-order valence-electron chi connectivity index (χ0n) is 13.9. The molecule has 2 heterocycles. The topological polar surface area (TPSA) is 21.1 Å². The monoisotopic (exact) mass is 285 g/mol. The second-order valence-corrected chi connectivity index (χ2v) is 5.67. The maximum absolute atomic E-state index is 4.43. The number of aryl methyl sites for hydroxylation is 1. The fraction of sp³-hybridized carbons (Fsp3) is 0.500. The van der Waals surface area contributed by atoms with Crippen molar-refractivity contribution in [2.45, 2.75) is 46.6 Å². The van der Waals surface area contributed by atoms with Crippen LogP contribution in [0.3, 0.4) is 0 Å². The maximum Gasteiger partial charge on any atom is 0.0568 e. The molecule has 21 heavy (non-hydrogen) atoms. The van der Waals surface area contributed by atoms with Crippen LogP contribution in [0.15, 0.2) is 30.6 Å². The summed E-state index contributed by atoms with van der Waals surface area (Å²) >= 11 is 0. The fourth-order valence-electron chi connectivity index (χ4n) is 2.73. The minimum Gasteiger partial charge on any atom is -0.374 e. The summed E-state index contributed by atoms with van der Waals surface area (Å²) in [5.74, 6) is 0. The molecule has 1 aliphatic rings. The van der Waals surface area contributed by atoms with Gasteiger partial charge >= 0.3 is 0 Å². The Hall–Kier alpha value is -1.77. The molecule has 1 aromatic heterocycles. The van der Waals surface area contributed by atoms with Gasteiger partial charge in [-0.25, -0.2) is 0 Å². The predicted octanol–water partition coefficient (Wildman–Crippen LogP) is 4.54. The Labute approximate surface area is 128 Å². The van der Waals surface area contributed by atoms with Gasteiger partial charge in [-0.15, -0.1) is 0 Å². The van der Waals surface area contributed by atoms with Crippen LogP contribution in [-0.2, 0) is 6.42 Å². The van der Waals surface area contributed by atoms with Crippen LogP contribution in [0.5, 0.6) is 0 Å². The zero-order chi connectivity index (χ0) is 15.4. The van der Waals surface area contributed by atoms with Gasteiger partial charge in [0.1, 0.15) is 0 Å². The zero-order valence-corrected chi connectivity index (χ0v) is 13.9. The summed E-state index contributed by atoms with van der Waals surface area (Å²) in [7, 11) is 2.18. The summed E-state index contributed by atoms with van der Waals surface area (Å²) in [5.41, 5.74) is 5.33. The second-order valence-electron chi connectivity index (χ2n) is 5.67. The summed E-state index contributed by atoms with van der Waals surface area (Å²) < 4.78 is 2.01. The highest BCUT2D eigenvalue weighted by atomic mass is 15.3. The van der Waals surface area contributed by atoms with E-state index in [1.54, 1.807) is 0 Å². The van der Waals surface area contributed by atoms with Gasteiger partial charge in [-0.05, 0) is 49.9 Å². The Balaban J connectivity index is 0.000000774. The van der Waals surface area contributed by atoms with Gasteiger partial charge in [0.2, 0.25) is 0 Å². The molecule has 0 spiro atoms. The summed E-state index contributed by atoms with van der Waals surface area (Å²) in [5, 5.41) is 4.43. The number of fused-ring (bicyclic) bond motifs is 1. The number of nitrogens with zero attached hydrogens (tertiary/aromatic N) is 3. The van der Waals surface area contributed by atoms with Crippen molar-refractivity contribution >= 4 is 5.69 Å². The highest BCUT2D eigenvalue weighted by Crippen LogP contribution is 2.30. The van der Waals surface area contributed by atoms with E-state index in [0.717, 1.165) is 6.54 Å². The van der Waals surface area contributed by atoms with E-state index >= 15 is 0 Å².